The second kappa shape index (κ2) is 8.39. The number of nitrogens with one attached hydrogen (secondary N) is 1. The Morgan fingerprint density at radius 1 is 1.14 bits per heavy atom. The van der Waals surface area contributed by atoms with Gasteiger partial charge < -0.3 is 10.1 Å². The molecule has 1 rings (SSSR count). The number of hydrogen-bond donors (Lipinski definition) is 1. The van der Waals surface area contributed by atoms with Crippen LogP contribution in [0.3, 0.4) is 0 Å². The molecule has 0 heterocycles. The molecule has 0 spiro atoms. The van der Waals surface area contributed by atoms with Crippen molar-refractivity contribution in [3.8, 4) is 0 Å². The average Bonchev–Trinajstić information content (AvgIpc) is 2.36. The fraction of sp³-hybridized carbons (Fsp3) is 0.625. The molecule has 0 fully saturated rings. The summed E-state index contributed by atoms with van der Waals surface area (Å²) in [7, 11) is 0. The van der Waals surface area contributed by atoms with Gasteiger partial charge in [0.25, 0.3) is 0 Å². The molecule has 0 bridgehead atoms. The molecule has 0 aliphatic rings. The van der Waals surface area contributed by atoms with Gasteiger partial charge in [-0.25, -0.2) is 0 Å². The van der Waals surface area contributed by atoms with Gasteiger partial charge in [0.1, 0.15) is 6.61 Å². The predicted octanol–water partition coefficient (Wildman–Crippen LogP) is 3.73. The van der Waals surface area contributed by atoms with E-state index in [2.05, 4.69) is 5.32 Å². The van der Waals surface area contributed by atoms with Crippen LogP contribution in [0.15, 0.2) is 24.3 Å². The van der Waals surface area contributed by atoms with Gasteiger partial charge in [0, 0.05) is 12.6 Å². The monoisotopic (exact) mass is 303 g/mol. The van der Waals surface area contributed by atoms with Gasteiger partial charge in [-0.3, -0.25) is 0 Å². The summed E-state index contributed by atoms with van der Waals surface area (Å²) in [6, 6.07) is 8.36. The second-order valence-electron chi connectivity index (χ2n) is 5.75. The third-order valence-electron chi connectivity index (χ3n) is 3.08. The Hall–Kier alpha value is -1.07. The van der Waals surface area contributed by atoms with Crippen molar-refractivity contribution in [2.45, 2.75) is 39.4 Å². The molecular formula is C16H24F3NO. The van der Waals surface area contributed by atoms with Crippen molar-refractivity contribution in [2.75, 3.05) is 19.8 Å². The molecule has 0 amide bonds. The van der Waals surface area contributed by atoms with Crippen LogP contribution in [0.2, 0.25) is 0 Å². The van der Waals surface area contributed by atoms with Crippen molar-refractivity contribution in [3.05, 3.63) is 35.4 Å². The van der Waals surface area contributed by atoms with E-state index in [4.69, 9.17) is 4.74 Å². The Morgan fingerprint density at radius 3 is 2.29 bits per heavy atom. The van der Waals surface area contributed by atoms with Crippen molar-refractivity contribution in [1.29, 1.82) is 0 Å². The van der Waals surface area contributed by atoms with E-state index in [1.165, 1.54) is 5.56 Å². The molecule has 1 unspecified atom stereocenters. The van der Waals surface area contributed by atoms with E-state index in [0.29, 0.717) is 19.0 Å². The lowest BCUT2D eigenvalue weighted by Gasteiger charge is -2.20. The van der Waals surface area contributed by atoms with E-state index >= 15 is 0 Å². The summed E-state index contributed by atoms with van der Waals surface area (Å²) in [6.45, 7) is 5.60. The van der Waals surface area contributed by atoms with Gasteiger partial charge >= 0.3 is 6.18 Å². The SMILES string of the molecule is Cc1ccc(CC(CNC(C)C)COCC(F)(F)F)cc1. The van der Waals surface area contributed by atoms with Gasteiger partial charge in [-0.2, -0.15) is 13.2 Å². The van der Waals surface area contributed by atoms with Crippen LogP contribution in [0.1, 0.15) is 25.0 Å². The predicted molar refractivity (Wildman–Crippen MR) is 78.4 cm³/mol. The molecule has 0 radical (unpaired) electrons. The topological polar surface area (TPSA) is 21.3 Å². The highest BCUT2D eigenvalue weighted by Crippen LogP contribution is 2.16. The number of alkyl halides is 3. The summed E-state index contributed by atoms with van der Waals surface area (Å²) in [5, 5.41) is 3.26. The Bertz CT molecular complexity index is 401. The number of halogens is 3. The molecule has 5 heteroatoms. The highest BCUT2D eigenvalue weighted by molar-refractivity contribution is 5.21. The van der Waals surface area contributed by atoms with Crippen molar-refractivity contribution < 1.29 is 17.9 Å². The molecule has 1 atom stereocenters. The summed E-state index contributed by atoms with van der Waals surface area (Å²) < 4.78 is 41.3. The van der Waals surface area contributed by atoms with Gasteiger partial charge in [-0.05, 0) is 24.8 Å². The van der Waals surface area contributed by atoms with Crippen LogP contribution >= 0.6 is 0 Å². The number of rotatable bonds is 8. The Kier molecular flexibility index (Phi) is 7.18. The van der Waals surface area contributed by atoms with E-state index in [0.717, 1.165) is 5.56 Å². The maximum atomic E-state index is 12.2. The van der Waals surface area contributed by atoms with Crippen LogP contribution in [-0.2, 0) is 11.2 Å². The van der Waals surface area contributed by atoms with Crippen LogP contribution in [0, 0.1) is 12.8 Å². The zero-order valence-corrected chi connectivity index (χ0v) is 12.8. The van der Waals surface area contributed by atoms with Crippen molar-refractivity contribution in [3.63, 3.8) is 0 Å². The van der Waals surface area contributed by atoms with E-state index in [1.54, 1.807) is 0 Å². The maximum absolute atomic E-state index is 12.2. The first-order valence-electron chi connectivity index (χ1n) is 7.19. The quantitative estimate of drug-likeness (QED) is 0.790. The zero-order chi connectivity index (χ0) is 15.9. The number of hydrogen-bond acceptors (Lipinski definition) is 2. The first-order chi connectivity index (χ1) is 9.76. The van der Waals surface area contributed by atoms with Gasteiger partial charge in [0.2, 0.25) is 0 Å². The molecule has 1 N–H and O–H groups in total. The third kappa shape index (κ3) is 8.73. The van der Waals surface area contributed by atoms with Gasteiger partial charge in [-0.1, -0.05) is 43.7 Å². The van der Waals surface area contributed by atoms with Crippen LogP contribution in [0.5, 0.6) is 0 Å². The van der Waals surface area contributed by atoms with E-state index in [9.17, 15) is 13.2 Å². The number of benzene rings is 1. The first-order valence-corrected chi connectivity index (χ1v) is 7.19. The smallest absolute Gasteiger partial charge is 0.372 e. The highest BCUT2D eigenvalue weighted by atomic mass is 19.4. The van der Waals surface area contributed by atoms with Gasteiger partial charge in [0.05, 0.1) is 6.61 Å². The Balaban J connectivity index is 2.52. The maximum Gasteiger partial charge on any atom is 0.411 e. The highest BCUT2D eigenvalue weighted by Gasteiger charge is 2.28. The fourth-order valence-corrected chi connectivity index (χ4v) is 1.99. The third-order valence-corrected chi connectivity index (χ3v) is 3.08. The molecule has 120 valence electrons. The number of ether oxygens (including phenoxy) is 1. The zero-order valence-electron chi connectivity index (χ0n) is 12.8. The van der Waals surface area contributed by atoms with Crippen molar-refractivity contribution in [1.82, 2.24) is 5.32 Å². The van der Waals surface area contributed by atoms with Crippen molar-refractivity contribution >= 4 is 0 Å². The standard InChI is InChI=1S/C16H24F3NO/c1-12(2)20-9-15(10-21-11-16(17,18)19)8-14-6-4-13(3)5-7-14/h4-7,12,15,20H,8-11H2,1-3H3. The van der Waals surface area contributed by atoms with Gasteiger partial charge in [0.15, 0.2) is 0 Å². The normalized spacial score (nSPS) is 13.7. The lowest BCUT2D eigenvalue weighted by molar-refractivity contribution is -0.176. The molecule has 0 saturated carbocycles. The van der Waals surface area contributed by atoms with Crippen LogP contribution in [0.25, 0.3) is 0 Å². The molecule has 1 aromatic carbocycles. The summed E-state index contributed by atoms with van der Waals surface area (Å²) in [4.78, 5) is 0. The molecule has 0 aliphatic heterocycles. The summed E-state index contributed by atoms with van der Waals surface area (Å²) in [6.07, 6.45) is -3.56. The summed E-state index contributed by atoms with van der Waals surface area (Å²) in [5.74, 6) is 0.0254. The summed E-state index contributed by atoms with van der Waals surface area (Å²) >= 11 is 0. The molecular weight excluding hydrogens is 279 g/mol. The molecule has 1 aromatic rings. The molecule has 2 nitrogen and oxygen atoms in total. The molecule has 0 saturated heterocycles. The minimum atomic E-state index is -4.26. The molecule has 0 aromatic heterocycles. The Morgan fingerprint density at radius 2 is 1.76 bits per heavy atom. The summed E-state index contributed by atoms with van der Waals surface area (Å²) in [5.41, 5.74) is 2.29. The lowest BCUT2D eigenvalue weighted by Crippen LogP contribution is -2.33. The second-order valence-corrected chi connectivity index (χ2v) is 5.75. The van der Waals surface area contributed by atoms with Gasteiger partial charge in [-0.15, -0.1) is 0 Å². The lowest BCUT2D eigenvalue weighted by atomic mass is 9.99. The van der Waals surface area contributed by atoms with Crippen LogP contribution in [-0.4, -0.2) is 32.0 Å². The van der Waals surface area contributed by atoms with E-state index in [1.807, 2.05) is 45.0 Å². The minimum absolute atomic E-state index is 0.0254. The van der Waals surface area contributed by atoms with E-state index < -0.39 is 12.8 Å². The molecule has 0 aliphatic carbocycles. The minimum Gasteiger partial charge on any atom is -0.372 e. The largest absolute Gasteiger partial charge is 0.411 e. The number of aryl methyl sites for hydroxylation is 1. The van der Waals surface area contributed by atoms with Crippen LogP contribution < -0.4 is 5.32 Å². The fourth-order valence-electron chi connectivity index (χ4n) is 1.99. The first kappa shape index (κ1) is 18.0. The van der Waals surface area contributed by atoms with E-state index in [-0.39, 0.29) is 12.5 Å². The Labute approximate surface area is 124 Å². The molecule has 21 heavy (non-hydrogen) atoms. The van der Waals surface area contributed by atoms with Crippen molar-refractivity contribution in [2.24, 2.45) is 5.92 Å². The average molecular weight is 303 g/mol. The van der Waals surface area contributed by atoms with Crippen LogP contribution in [0.4, 0.5) is 13.2 Å².